The van der Waals surface area contributed by atoms with Crippen molar-refractivity contribution >= 4 is 17.8 Å². The van der Waals surface area contributed by atoms with Crippen LogP contribution in [0.4, 0.5) is 5.69 Å². The number of nitro benzene ring substituents is 1. The third-order valence-electron chi connectivity index (χ3n) is 4.72. The van der Waals surface area contributed by atoms with Gasteiger partial charge in [0, 0.05) is 6.07 Å². The lowest BCUT2D eigenvalue weighted by atomic mass is 10.1. The van der Waals surface area contributed by atoms with Gasteiger partial charge in [0.15, 0.2) is 0 Å². The van der Waals surface area contributed by atoms with Crippen molar-refractivity contribution in [3.63, 3.8) is 0 Å². The Morgan fingerprint density at radius 2 is 1.70 bits per heavy atom. The monoisotopic (exact) mass is 441 g/mol. The number of nitrogens with zero attached hydrogens (tertiary/aromatic N) is 2. The minimum atomic E-state index is -0.469. The van der Waals surface area contributed by atoms with E-state index < -0.39 is 10.8 Å². The third-order valence-corrected chi connectivity index (χ3v) is 4.72. The normalized spacial score (nSPS) is 10.8. The van der Waals surface area contributed by atoms with E-state index in [1.807, 2.05) is 30.3 Å². The van der Waals surface area contributed by atoms with Gasteiger partial charge in [-0.05, 0) is 35.9 Å². The number of nitrogens with one attached hydrogen (secondary N) is 1. The number of carbonyl (C=O) groups excluding carboxylic acids is 1. The number of furan rings is 1. The molecule has 0 bridgehead atoms. The maximum absolute atomic E-state index is 12.6. The van der Waals surface area contributed by atoms with Gasteiger partial charge in [-0.2, -0.15) is 5.10 Å². The first-order valence-corrected chi connectivity index (χ1v) is 10.0. The molecule has 0 saturated carbocycles. The molecular formula is C25H19N3O5. The summed E-state index contributed by atoms with van der Waals surface area (Å²) in [7, 11) is 0. The van der Waals surface area contributed by atoms with Crippen molar-refractivity contribution in [3.8, 4) is 17.1 Å². The summed E-state index contributed by atoms with van der Waals surface area (Å²) >= 11 is 0. The minimum Gasteiger partial charge on any atom is -0.488 e. The summed E-state index contributed by atoms with van der Waals surface area (Å²) in [4.78, 5) is 23.4. The van der Waals surface area contributed by atoms with Crippen LogP contribution in [0, 0.1) is 10.1 Å². The number of benzene rings is 3. The molecule has 8 heteroatoms. The quantitative estimate of drug-likeness (QED) is 0.230. The summed E-state index contributed by atoms with van der Waals surface area (Å²) in [5.41, 5.74) is 4.07. The van der Waals surface area contributed by atoms with Gasteiger partial charge in [-0.1, -0.05) is 54.6 Å². The van der Waals surface area contributed by atoms with Crippen LogP contribution in [0.2, 0.25) is 0 Å². The van der Waals surface area contributed by atoms with E-state index in [-0.39, 0.29) is 5.69 Å². The molecule has 164 valence electrons. The number of amides is 1. The average Bonchev–Trinajstić information content (AvgIpc) is 3.32. The Hall–Kier alpha value is -4.72. The smallest absolute Gasteiger partial charge is 0.280 e. The van der Waals surface area contributed by atoms with Crippen molar-refractivity contribution in [1.82, 2.24) is 5.43 Å². The van der Waals surface area contributed by atoms with Crippen LogP contribution in [0.1, 0.15) is 21.7 Å². The van der Waals surface area contributed by atoms with Crippen LogP contribution in [0.5, 0.6) is 5.75 Å². The maximum Gasteiger partial charge on any atom is 0.280 e. The number of ether oxygens (including phenoxy) is 1. The molecule has 4 rings (SSSR count). The second kappa shape index (κ2) is 10.1. The lowest BCUT2D eigenvalue weighted by Crippen LogP contribution is -2.18. The number of nitro groups is 1. The lowest BCUT2D eigenvalue weighted by molar-refractivity contribution is -0.384. The number of hydrogen-bond donors (Lipinski definition) is 1. The molecule has 0 fully saturated rings. The highest BCUT2D eigenvalue weighted by Gasteiger charge is 2.17. The highest BCUT2D eigenvalue weighted by atomic mass is 16.6. The summed E-state index contributed by atoms with van der Waals surface area (Å²) in [6.07, 6.45) is 1.32. The fourth-order valence-corrected chi connectivity index (χ4v) is 3.14. The van der Waals surface area contributed by atoms with Crippen LogP contribution >= 0.6 is 0 Å². The second-order valence-corrected chi connectivity index (χ2v) is 6.95. The Bertz CT molecular complexity index is 1300. The van der Waals surface area contributed by atoms with Gasteiger partial charge in [0.05, 0.1) is 22.3 Å². The molecule has 1 N–H and O–H groups in total. The van der Waals surface area contributed by atoms with Crippen LogP contribution < -0.4 is 10.2 Å². The average molecular weight is 441 g/mol. The molecule has 0 spiro atoms. The van der Waals surface area contributed by atoms with Crippen LogP contribution in [-0.4, -0.2) is 17.0 Å². The Morgan fingerprint density at radius 1 is 0.970 bits per heavy atom. The zero-order valence-electron chi connectivity index (χ0n) is 17.4. The predicted octanol–water partition coefficient (Wildman–Crippen LogP) is 5.20. The van der Waals surface area contributed by atoms with Crippen LogP contribution in [0.15, 0.2) is 101 Å². The number of carbonyl (C=O) groups is 1. The summed E-state index contributed by atoms with van der Waals surface area (Å²) in [6, 6.07) is 26.0. The zero-order valence-corrected chi connectivity index (χ0v) is 17.4. The molecule has 0 radical (unpaired) electrons. The van der Waals surface area contributed by atoms with Gasteiger partial charge < -0.3 is 9.15 Å². The number of rotatable bonds is 8. The van der Waals surface area contributed by atoms with Crippen LogP contribution in [-0.2, 0) is 6.61 Å². The topological polar surface area (TPSA) is 107 Å². The molecule has 0 unspecified atom stereocenters. The Balaban J connectivity index is 1.42. The van der Waals surface area contributed by atoms with Gasteiger partial charge in [-0.25, -0.2) is 5.43 Å². The zero-order chi connectivity index (χ0) is 23.0. The van der Waals surface area contributed by atoms with Crippen molar-refractivity contribution < 1.29 is 18.9 Å². The molecule has 1 amide bonds. The van der Waals surface area contributed by atoms with Crippen molar-refractivity contribution in [2.45, 2.75) is 6.61 Å². The second-order valence-electron chi connectivity index (χ2n) is 6.95. The Morgan fingerprint density at radius 3 is 2.52 bits per heavy atom. The number of para-hydroxylation sites is 2. The molecule has 4 aromatic rings. The number of hydrogen-bond acceptors (Lipinski definition) is 6. The summed E-state index contributed by atoms with van der Waals surface area (Å²) in [5, 5.41) is 15.2. The SMILES string of the molecule is O=C(N/N=C/c1ccc(-c2ccccc2[N+](=O)[O-])o1)c1ccccc1OCc1ccccc1. The van der Waals surface area contributed by atoms with Crippen molar-refractivity contribution in [1.29, 1.82) is 0 Å². The molecule has 0 atom stereocenters. The van der Waals surface area contributed by atoms with Crippen molar-refractivity contribution in [3.05, 3.63) is 118 Å². The molecule has 3 aromatic carbocycles. The van der Waals surface area contributed by atoms with Gasteiger partial charge in [-0.15, -0.1) is 0 Å². The fraction of sp³-hybridized carbons (Fsp3) is 0.0400. The van der Waals surface area contributed by atoms with Crippen LogP contribution in [0.3, 0.4) is 0 Å². The van der Waals surface area contributed by atoms with E-state index in [1.54, 1.807) is 54.6 Å². The molecular weight excluding hydrogens is 422 g/mol. The van der Waals surface area contributed by atoms with E-state index in [0.717, 1.165) is 5.56 Å². The standard InChI is InChI=1S/C25H19N3O5/c29-25(21-11-5-7-13-23(21)32-17-18-8-2-1-3-9-18)27-26-16-19-14-15-24(33-19)20-10-4-6-12-22(20)28(30)31/h1-16H,17H2,(H,27,29)/b26-16+. The fourth-order valence-electron chi connectivity index (χ4n) is 3.14. The van der Waals surface area contributed by atoms with Gasteiger partial charge >= 0.3 is 0 Å². The van der Waals surface area contributed by atoms with E-state index in [4.69, 9.17) is 9.15 Å². The minimum absolute atomic E-state index is 0.0595. The first kappa shape index (κ1) is 21.5. The largest absolute Gasteiger partial charge is 0.488 e. The summed E-state index contributed by atoms with van der Waals surface area (Å²) < 4.78 is 11.4. The Kier molecular flexibility index (Phi) is 6.56. The van der Waals surface area contributed by atoms with Crippen molar-refractivity contribution in [2.75, 3.05) is 0 Å². The number of hydrazone groups is 1. The van der Waals surface area contributed by atoms with Gasteiger partial charge in [-0.3, -0.25) is 14.9 Å². The van der Waals surface area contributed by atoms with Gasteiger partial charge in [0.25, 0.3) is 11.6 Å². The summed E-state index contributed by atoms with van der Waals surface area (Å²) in [5.74, 6) is 0.651. The van der Waals surface area contributed by atoms with Gasteiger partial charge in [0.2, 0.25) is 0 Å². The molecule has 0 aliphatic carbocycles. The van der Waals surface area contributed by atoms with E-state index in [9.17, 15) is 14.9 Å². The highest BCUT2D eigenvalue weighted by molar-refractivity contribution is 5.97. The molecule has 33 heavy (non-hydrogen) atoms. The maximum atomic E-state index is 12.6. The Labute approximate surface area is 189 Å². The molecule has 1 heterocycles. The molecule has 0 aliphatic rings. The van der Waals surface area contributed by atoms with Crippen molar-refractivity contribution in [2.24, 2.45) is 5.10 Å². The first-order valence-electron chi connectivity index (χ1n) is 10.0. The van der Waals surface area contributed by atoms with Gasteiger partial charge in [0.1, 0.15) is 23.9 Å². The molecule has 1 aromatic heterocycles. The summed E-state index contributed by atoms with van der Waals surface area (Å²) in [6.45, 7) is 0.329. The lowest BCUT2D eigenvalue weighted by Gasteiger charge is -2.10. The molecule has 8 nitrogen and oxygen atoms in total. The van der Waals surface area contributed by atoms with E-state index >= 15 is 0 Å². The van der Waals surface area contributed by atoms with E-state index in [0.29, 0.717) is 35.0 Å². The third kappa shape index (κ3) is 5.31. The van der Waals surface area contributed by atoms with E-state index in [2.05, 4.69) is 10.5 Å². The predicted molar refractivity (Wildman–Crippen MR) is 123 cm³/mol. The molecule has 0 saturated heterocycles. The first-order chi connectivity index (χ1) is 16.1. The highest BCUT2D eigenvalue weighted by Crippen LogP contribution is 2.30. The van der Waals surface area contributed by atoms with E-state index in [1.165, 1.54) is 12.3 Å². The molecule has 0 aliphatic heterocycles. The van der Waals surface area contributed by atoms with Crippen LogP contribution in [0.25, 0.3) is 11.3 Å².